The highest BCUT2D eigenvalue weighted by Crippen LogP contribution is 2.17. The number of para-hydroxylation sites is 1. The van der Waals surface area contributed by atoms with Crippen LogP contribution in [0.2, 0.25) is 0 Å². The summed E-state index contributed by atoms with van der Waals surface area (Å²) in [5.74, 6) is 0.603. The van der Waals surface area contributed by atoms with E-state index in [0.29, 0.717) is 17.9 Å². The quantitative estimate of drug-likeness (QED) is 0.740. The molecule has 0 atom stereocenters. The van der Waals surface area contributed by atoms with Gasteiger partial charge in [0.15, 0.2) is 6.29 Å². The van der Waals surface area contributed by atoms with Crippen molar-refractivity contribution >= 4 is 6.29 Å². The maximum atomic E-state index is 10.8. The molecule has 0 radical (unpaired) electrons. The van der Waals surface area contributed by atoms with E-state index in [1.807, 2.05) is 29.9 Å². The van der Waals surface area contributed by atoms with E-state index in [1.165, 1.54) is 0 Å². The SMILES string of the molecule is CCn1cc(COc2ccccc2C=O)cn1. The summed E-state index contributed by atoms with van der Waals surface area (Å²) in [6.45, 7) is 3.29. The van der Waals surface area contributed by atoms with Crippen LogP contribution in [0.1, 0.15) is 22.8 Å². The largest absolute Gasteiger partial charge is 0.488 e. The van der Waals surface area contributed by atoms with Gasteiger partial charge in [0, 0.05) is 18.3 Å². The molecular formula is C13H14N2O2. The zero-order valence-corrected chi connectivity index (χ0v) is 9.67. The fraction of sp³-hybridized carbons (Fsp3) is 0.231. The third-order valence-electron chi connectivity index (χ3n) is 2.45. The molecule has 0 amide bonds. The fourth-order valence-corrected chi connectivity index (χ4v) is 1.52. The van der Waals surface area contributed by atoms with Crippen molar-refractivity contribution in [1.29, 1.82) is 0 Å². The predicted molar refractivity (Wildman–Crippen MR) is 64.1 cm³/mol. The lowest BCUT2D eigenvalue weighted by atomic mass is 10.2. The molecule has 0 aliphatic rings. The van der Waals surface area contributed by atoms with Gasteiger partial charge in [0.2, 0.25) is 0 Å². The Morgan fingerprint density at radius 1 is 1.41 bits per heavy atom. The number of benzene rings is 1. The molecule has 0 aliphatic heterocycles. The summed E-state index contributed by atoms with van der Waals surface area (Å²) in [6, 6.07) is 7.18. The Morgan fingerprint density at radius 2 is 2.24 bits per heavy atom. The van der Waals surface area contributed by atoms with E-state index < -0.39 is 0 Å². The minimum atomic E-state index is 0.421. The second kappa shape index (κ2) is 5.30. The molecule has 2 aromatic rings. The molecule has 0 unspecified atom stereocenters. The molecule has 0 spiro atoms. The van der Waals surface area contributed by atoms with Gasteiger partial charge in [-0.2, -0.15) is 5.10 Å². The van der Waals surface area contributed by atoms with Crippen LogP contribution in [0, 0.1) is 0 Å². The second-order valence-corrected chi connectivity index (χ2v) is 3.65. The van der Waals surface area contributed by atoms with Gasteiger partial charge in [0.1, 0.15) is 12.4 Å². The highest BCUT2D eigenvalue weighted by molar-refractivity contribution is 5.79. The van der Waals surface area contributed by atoms with Gasteiger partial charge < -0.3 is 4.74 Å². The van der Waals surface area contributed by atoms with Crippen molar-refractivity contribution in [2.24, 2.45) is 0 Å². The lowest BCUT2D eigenvalue weighted by Crippen LogP contribution is -1.97. The third kappa shape index (κ3) is 2.72. The number of nitrogens with zero attached hydrogens (tertiary/aromatic N) is 2. The van der Waals surface area contributed by atoms with Gasteiger partial charge in [-0.25, -0.2) is 0 Å². The number of rotatable bonds is 5. The lowest BCUT2D eigenvalue weighted by molar-refractivity contribution is 0.111. The van der Waals surface area contributed by atoms with Crippen molar-refractivity contribution in [2.45, 2.75) is 20.1 Å². The topological polar surface area (TPSA) is 44.1 Å². The van der Waals surface area contributed by atoms with Crippen LogP contribution in [0.25, 0.3) is 0 Å². The molecule has 0 fully saturated rings. The van der Waals surface area contributed by atoms with Crippen LogP contribution in [0.15, 0.2) is 36.7 Å². The first-order valence-corrected chi connectivity index (χ1v) is 5.52. The summed E-state index contributed by atoms with van der Waals surface area (Å²) < 4.78 is 7.42. The maximum Gasteiger partial charge on any atom is 0.153 e. The Morgan fingerprint density at radius 3 is 2.94 bits per heavy atom. The molecule has 1 aromatic carbocycles. The van der Waals surface area contributed by atoms with Gasteiger partial charge in [-0.1, -0.05) is 12.1 Å². The van der Waals surface area contributed by atoms with Gasteiger partial charge >= 0.3 is 0 Å². The van der Waals surface area contributed by atoms with Crippen molar-refractivity contribution in [1.82, 2.24) is 9.78 Å². The van der Waals surface area contributed by atoms with Gasteiger partial charge in [-0.15, -0.1) is 0 Å². The first-order chi connectivity index (χ1) is 8.33. The second-order valence-electron chi connectivity index (χ2n) is 3.65. The first-order valence-electron chi connectivity index (χ1n) is 5.52. The molecule has 0 aliphatic carbocycles. The van der Waals surface area contributed by atoms with Crippen molar-refractivity contribution in [3.63, 3.8) is 0 Å². The molecule has 1 heterocycles. The Balaban J connectivity index is 2.04. The molecule has 0 bridgehead atoms. The number of aryl methyl sites for hydroxylation is 1. The van der Waals surface area contributed by atoms with Gasteiger partial charge in [0.25, 0.3) is 0 Å². The summed E-state index contributed by atoms with van der Waals surface area (Å²) >= 11 is 0. The van der Waals surface area contributed by atoms with Gasteiger partial charge in [0.05, 0.1) is 11.8 Å². The zero-order valence-electron chi connectivity index (χ0n) is 9.67. The van der Waals surface area contributed by atoms with Gasteiger partial charge in [-0.05, 0) is 19.1 Å². The number of aldehydes is 1. The van der Waals surface area contributed by atoms with E-state index in [-0.39, 0.29) is 0 Å². The van der Waals surface area contributed by atoms with Crippen LogP contribution in [0.4, 0.5) is 0 Å². The first kappa shape index (κ1) is 11.4. The molecule has 4 nitrogen and oxygen atoms in total. The molecule has 0 N–H and O–H groups in total. The highest BCUT2D eigenvalue weighted by atomic mass is 16.5. The number of hydrogen-bond donors (Lipinski definition) is 0. The van der Waals surface area contributed by atoms with Crippen LogP contribution >= 0.6 is 0 Å². The molecule has 2 rings (SSSR count). The summed E-state index contributed by atoms with van der Waals surface area (Å²) in [6.07, 6.45) is 4.50. The van der Waals surface area contributed by atoms with E-state index >= 15 is 0 Å². The molecule has 0 saturated heterocycles. The van der Waals surface area contributed by atoms with Crippen molar-refractivity contribution < 1.29 is 9.53 Å². The van der Waals surface area contributed by atoms with Gasteiger partial charge in [-0.3, -0.25) is 9.48 Å². The number of carbonyl (C=O) groups excluding carboxylic acids is 1. The maximum absolute atomic E-state index is 10.8. The molecule has 17 heavy (non-hydrogen) atoms. The average molecular weight is 230 g/mol. The van der Waals surface area contributed by atoms with E-state index in [4.69, 9.17) is 4.74 Å². The standard InChI is InChI=1S/C13H14N2O2/c1-2-15-8-11(7-14-15)10-17-13-6-4-3-5-12(13)9-16/h3-9H,2,10H2,1H3. The summed E-state index contributed by atoms with van der Waals surface area (Å²) in [4.78, 5) is 10.8. The number of ether oxygens (including phenoxy) is 1. The van der Waals surface area contributed by atoms with Crippen LogP contribution in [-0.4, -0.2) is 16.1 Å². The van der Waals surface area contributed by atoms with Crippen LogP contribution in [0.5, 0.6) is 5.75 Å². The van der Waals surface area contributed by atoms with Crippen LogP contribution in [0.3, 0.4) is 0 Å². The van der Waals surface area contributed by atoms with E-state index in [2.05, 4.69) is 5.10 Å². The summed E-state index contributed by atoms with van der Waals surface area (Å²) in [7, 11) is 0. The highest BCUT2D eigenvalue weighted by Gasteiger charge is 2.03. The smallest absolute Gasteiger partial charge is 0.153 e. The molecular weight excluding hydrogens is 216 g/mol. The Hall–Kier alpha value is -2.10. The molecule has 4 heteroatoms. The van der Waals surface area contributed by atoms with Crippen LogP contribution in [-0.2, 0) is 13.2 Å². The Kier molecular flexibility index (Phi) is 3.55. The summed E-state index contributed by atoms with van der Waals surface area (Å²) in [5.41, 5.74) is 1.56. The predicted octanol–water partition coefficient (Wildman–Crippen LogP) is 2.29. The average Bonchev–Trinajstić information content (AvgIpc) is 2.84. The monoisotopic (exact) mass is 230 g/mol. The molecule has 88 valence electrons. The van der Waals surface area contributed by atoms with E-state index in [0.717, 1.165) is 18.4 Å². The van der Waals surface area contributed by atoms with E-state index in [1.54, 1.807) is 18.3 Å². The number of aromatic nitrogens is 2. The number of hydrogen-bond acceptors (Lipinski definition) is 3. The fourth-order valence-electron chi connectivity index (χ4n) is 1.52. The van der Waals surface area contributed by atoms with Crippen molar-refractivity contribution in [3.05, 3.63) is 47.8 Å². The van der Waals surface area contributed by atoms with Crippen molar-refractivity contribution in [3.8, 4) is 5.75 Å². The zero-order chi connectivity index (χ0) is 12.1. The minimum Gasteiger partial charge on any atom is -0.488 e. The van der Waals surface area contributed by atoms with E-state index in [9.17, 15) is 4.79 Å². The molecule has 0 saturated carbocycles. The third-order valence-corrected chi connectivity index (χ3v) is 2.45. The number of carbonyl (C=O) groups is 1. The van der Waals surface area contributed by atoms with Crippen LogP contribution < -0.4 is 4.74 Å². The molecule has 1 aromatic heterocycles. The van der Waals surface area contributed by atoms with Crippen molar-refractivity contribution in [2.75, 3.05) is 0 Å². The Labute approximate surface area is 99.8 Å². The summed E-state index contributed by atoms with van der Waals surface area (Å²) in [5, 5.41) is 4.16. The Bertz CT molecular complexity index is 506. The lowest BCUT2D eigenvalue weighted by Gasteiger charge is -2.06. The normalized spacial score (nSPS) is 10.2. The minimum absolute atomic E-state index is 0.421.